The number of rotatable bonds is 3. The summed E-state index contributed by atoms with van der Waals surface area (Å²) < 4.78 is 5.59. The normalized spacial score (nSPS) is 10.7. The van der Waals surface area contributed by atoms with Crippen LogP contribution in [0.4, 0.5) is 11.7 Å². The lowest BCUT2D eigenvalue weighted by Gasteiger charge is -2.02. The average molecular weight is 259 g/mol. The molecule has 1 N–H and O–H groups in total. The smallest absolute Gasteiger partial charge is 0.300 e. The van der Waals surface area contributed by atoms with E-state index in [0.717, 1.165) is 22.4 Å². The molecule has 4 heteroatoms. The van der Waals surface area contributed by atoms with Gasteiger partial charge in [0.25, 0.3) is 6.01 Å². The Morgan fingerprint density at radius 1 is 1.11 bits per heavy atom. The third-order valence-corrected chi connectivity index (χ3v) is 2.94. The number of benzene rings is 2. The lowest BCUT2D eigenvalue weighted by atomic mass is 10.2. The number of nitrogens with zero attached hydrogens (tertiary/aromatic N) is 1. The van der Waals surface area contributed by atoms with E-state index in [4.69, 9.17) is 16.0 Å². The molecular formula is C14H11ClN2O. The number of alkyl halides is 1. The molecule has 0 atom stereocenters. The Morgan fingerprint density at radius 3 is 2.83 bits per heavy atom. The van der Waals surface area contributed by atoms with Gasteiger partial charge in [-0.2, -0.15) is 4.98 Å². The highest BCUT2D eigenvalue weighted by Gasteiger charge is 2.05. The minimum Gasteiger partial charge on any atom is -0.423 e. The van der Waals surface area contributed by atoms with Crippen molar-refractivity contribution in [3.8, 4) is 0 Å². The summed E-state index contributed by atoms with van der Waals surface area (Å²) in [6.45, 7) is 0. The Bertz CT molecular complexity index is 645. The van der Waals surface area contributed by atoms with Gasteiger partial charge in [0, 0.05) is 11.6 Å². The fourth-order valence-corrected chi connectivity index (χ4v) is 1.95. The molecule has 90 valence electrons. The molecular weight excluding hydrogens is 248 g/mol. The molecule has 0 unspecified atom stereocenters. The first-order chi connectivity index (χ1) is 8.85. The van der Waals surface area contributed by atoms with E-state index in [1.165, 1.54) is 0 Å². The van der Waals surface area contributed by atoms with Gasteiger partial charge in [0.2, 0.25) is 0 Å². The fraction of sp³-hybridized carbons (Fsp3) is 0.0714. The number of anilines is 2. The molecule has 3 nitrogen and oxygen atoms in total. The molecule has 0 saturated carbocycles. The van der Waals surface area contributed by atoms with Gasteiger partial charge in [0.1, 0.15) is 5.52 Å². The lowest BCUT2D eigenvalue weighted by molar-refractivity contribution is 0.623. The molecule has 0 aliphatic carbocycles. The van der Waals surface area contributed by atoms with Crippen molar-refractivity contribution in [3.63, 3.8) is 0 Å². The number of aromatic nitrogens is 1. The third-order valence-electron chi connectivity index (χ3n) is 2.63. The number of hydrogen-bond acceptors (Lipinski definition) is 3. The maximum absolute atomic E-state index is 5.80. The van der Waals surface area contributed by atoms with E-state index >= 15 is 0 Å². The zero-order valence-electron chi connectivity index (χ0n) is 9.56. The first kappa shape index (κ1) is 11.1. The molecule has 0 fully saturated rings. The fourth-order valence-electron chi connectivity index (χ4n) is 1.78. The van der Waals surface area contributed by atoms with E-state index in [2.05, 4.69) is 10.3 Å². The van der Waals surface area contributed by atoms with Gasteiger partial charge in [-0.05, 0) is 29.8 Å². The van der Waals surface area contributed by atoms with E-state index in [9.17, 15) is 0 Å². The molecule has 2 aromatic carbocycles. The topological polar surface area (TPSA) is 38.1 Å². The third kappa shape index (κ3) is 2.17. The number of hydrogen-bond donors (Lipinski definition) is 1. The number of para-hydroxylation sites is 2. The second-order valence-electron chi connectivity index (χ2n) is 3.95. The highest BCUT2D eigenvalue weighted by atomic mass is 35.5. The largest absolute Gasteiger partial charge is 0.423 e. The summed E-state index contributed by atoms with van der Waals surface area (Å²) in [6, 6.07) is 16.0. The molecule has 0 spiro atoms. The van der Waals surface area contributed by atoms with Crippen molar-refractivity contribution in [2.45, 2.75) is 5.88 Å². The Balaban J connectivity index is 1.91. The summed E-state index contributed by atoms with van der Waals surface area (Å²) >= 11 is 5.80. The highest BCUT2D eigenvalue weighted by Crippen LogP contribution is 2.22. The van der Waals surface area contributed by atoms with E-state index in [1.807, 2.05) is 48.5 Å². The number of oxazole rings is 1. The van der Waals surface area contributed by atoms with Crippen molar-refractivity contribution >= 4 is 34.4 Å². The van der Waals surface area contributed by atoms with Crippen LogP contribution in [0.1, 0.15) is 5.56 Å². The summed E-state index contributed by atoms with van der Waals surface area (Å²) in [4.78, 5) is 4.35. The van der Waals surface area contributed by atoms with Crippen LogP contribution in [0, 0.1) is 0 Å². The summed E-state index contributed by atoms with van der Waals surface area (Å²) in [7, 11) is 0. The van der Waals surface area contributed by atoms with E-state index < -0.39 is 0 Å². The van der Waals surface area contributed by atoms with Crippen molar-refractivity contribution < 1.29 is 4.42 Å². The highest BCUT2D eigenvalue weighted by molar-refractivity contribution is 6.17. The van der Waals surface area contributed by atoms with Gasteiger partial charge in [0.05, 0.1) is 0 Å². The van der Waals surface area contributed by atoms with Crippen LogP contribution in [0.25, 0.3) is 11.1 Å². The average Bonchev–Trinajstić information content (AvgIpc) is 2.81. The summed E-state index contributed by atoms with van der Waals surface area (Å²) in [6.07, 6.45) is 0. The quantitative estimate of drug-likeness (QED) is 0.712. The van der Waals surface area contributed by atoms with Gasteiger partial charge in [0.15, 0.2) is 5.58 Å². The lowest BCUT2D eigenvalue weighted by Crippen LogP contribution is -1.90. The number of fused-ring (bicyclic) bond motifs is 1. The SMILES string of the molecule is ClCc1cccc(Nc2nc3ccccc3o2)c1. The van der Waals surface area contributed by atoms with Gasteiger partial charge < -0.3 is 9.73 Å². The minimum absolute atomic E-state index is 0.489. The van der Waals surface area contributed by atoms with E-state index in [1.54, 1.807) is 0 Å². The van der Waals surface area contributed by atoms with Gasteiger partial charge >= 0.3 is 0 Å². The molecule has 3 rings (SSSR count). The predicted octanol–water partition coefficient (Wildman–Crippen LogP) is 4.31. The minimum atomic E-state index is 0.489. The van der Waals surface area contributed by atoms with Crippen molar-refractivity contribution in [2.24, 2.45) is 0 Å². The van der Waals surface area contributed by atoms with Crippen LogP contribution in [0.5, 0.6) is 0 Å². The number of halogens is 1. The maximum Gasteiger partial charge on any atom is 0.300 e. The standard InChI is InChI=1S/C14H11ClN2O/c15-9-10-4-3-5-11(8-10)16-14-17-12-6-1-2-7-13(12)18-14/h1-8H,9H2,(H,16,17). The molecule has 0 bridgehead atoms. The second kappa shape index (κ2) is 4.70. The summed E-state index contributed by atoms with van der Waals surface area (Å²) in [5, 5.41) is 3.13. The van der Waals surface area contributed by atoms with Crippen LogP contribution in [0.3, 0.4) is 0 Å². The van der Waals surface area contributed by atoms with Gasteiger partial charge in [-0.15, -0.1) is 11.6 Å². The van der Waals surface area contributed by atoms with Crippen LogP contribution < -0.4 is 5.32 Å². The van der Waals surface area contributed by atoms with Crippen molar-refractivity contribution in [1.82, 2.24) is 4.98 Å². The Kier molecular flexibility index (Phi) is 2.90. The van der Waals surface area contributed by atoms with Gasteiger partial charge in [-0.25, -0.2) is 0 Å². The Labute approximate surface area is 109 Å². The Morgan fingerprint density at radius 2 is 2.00 bits per heavy atom. The molecule has 3 aromatic rings. The molecule has 0 amide bonds. The van der Waals surface area contributed by atoms with E-state index in [0.29, 0.717) is 11.9 Å². The van der Waals surface area contributed by atoms with Crippen LogP contribution >= 0.6 is 11.6 Å². The van der Waals surface area contributed by atoms with Crippen LogP contribution in [0.15, 0.2) is 52.9 Å². The van der Waals surface area contributed by atoms with Crippen LogP contribution in [-0.2, 0) is 5.88 Å². The Hall–Kier alpha value is -2.00. The molecule has 18 heavy (non-hydrogen) atoms. The molecule has 1 aromatic heterocycles. The first-order valence-electron chi connectivity index (χ1n) is 5.62. The van der Waals surface area contributed by atoms with Crippen molar-refractivity contribution in [1.29, 1.82) is 0 Å². The zero-order chi connectivity index (χ0) is 12.4. The number of nitrogens with one attached hydrogen (secondary N) is 1. The molecule has 1 heterocycles. The second-order valence-corrected chi connectivity index (χ2v) is 4.21. The zero-order valence-corrected chi connectivity index (χ0v) is 10.3. The summed E-state index contributed by atoms with van der Waals surface area (Å²) in [5.41, 5.74) is 3.58. The predicted molar refractivity (Wildman–Crippen MR) is 73.3 cm³/mol. The van der Waals surface area contributed by atoms with Crippen LogP contribution in [-0.4, -0.2) is 4.98 Å². The van der Waals surface area contributed by atoms with Gasteiger partial charge in [-0.1, -0.05) is 24.3 Å². The summed E-state index contributed by atoms with van der Waals surface area (Å²) in [5.74, 6) is 0.489. The molecule has 0 radical (unpaired) electrons. The molecule has 0 aliphatic rings. The molecule has 0 saturated heterocycles. The van der Waals surface area contributed by atoms with Gasteiger partial charge in [-0.3, -0.25) is 0 Å². The van der Waals surface area contributed by atoms with E-state index in [-0.39, 0.29) is 0 Å². The van der Waals surface area contributed by atoms with Crippen molar-refractivity contribution in [2.75, 3.05) is 5.32 Å². The first-order valence-corrected chi connectivity index (χ1v) is 6.16. The molecule has 0 aliphatic heterocycles. The monoisotopic (exact) mass is 258 g/mol. The van der Waals surface area contributed by atoms with Crippen molar-refractivity contribution in [3.05, 3.63) is 54.1 Å². The maximum atomic E-state index is 5.80. The van der Waals surface area contributed by atoms with Crippen LogP contribution in [0.2, 0.25) is 0 Å².